The Balaban J connectivity index is 2.13. The summed E-state index contributed by atoms with van der Waals surface area (Å²) in [5.41, 5.74) is 2.01. The highest BCUT2D eigenvalue weighted by Crippen LogP contribution is 2.21. The molecule has 0 spiro atoms. The molecule has 0 heterocycles. The molecule has 0 bridgehead atoms. The molecule has 0 radical (unpaired) electrons. The second-order valence-corrected chi connectivity index (χ2v) is 3.66. The lowest BCUT2D eigenvalue weighted by Gasteiger charge is -1.94. The van der Waals surface area contributed by atoms with E-state index < -0.39 is 4.92 Å². The first-order valence-corrected chi connectivity index (χ1v) is 5.42. The van der Waals surface area contributed by atoms with Crippen LogP contribution in [-0.2, 0) is 0 Å². The first-order valence-electron chi connectivity index (χ1n) is 5.42. The molecule has 0 aliphatic rings. The number of nitrogens with zero attached hydrogens (tertiary/aromatic N) is 3. The lowest BCUT2D eigenvalue weighted by molar-refractivity contribution is -0.384. The Labute approximate surface area is 109 Å². The zero-order valence-corrected chi connectivity index (χ0v) is 9.85. The number of non-ortho nitro benzene ring substituents is 1. The predicted octanol–water partition coefficient (Wildman–Crippen LogP) is 3.99. The van der Waals surface area contributed by atoms with Gasteiger partial charge < -0.3 is 0 Å². The molecule has 0 amide bonds. The fourth-order valence-electron chi connectivity index (χ4n) is 1.38. The highest BCUT2D eigenvalue weighted by atomic mass is 16.6. The van der Waals surface area contributed by atoms with Gasteiger partial charge in [0.05, 0.1) is 16.3 Å². The molecule has 0 saturated carbocycles. The Morgan fingerprint density at radius 1 is 0.947 bits per heavy atom. The summed E-state index contributed by atoms with van der Waals surface area (Å²) in [6.07, 6.45) is 5.24. The Kier molecular flexibility index (Phi) is 3.64. The van der Waals surface area contributed by atoms with E-state index in [1.54, 1.807) is 24.3 Å². The molecule has 0 fully saturated rings. The molecule has 5 nitrogen and oxygen atoms in total. The van der Waals surface area contributed by atoms with Gasteiger partial charge in [0.25, 0.3) is 5.69 Å². The van der Waals surface area contributed by atoms with E-state index in [-0.39, 0.29) is 5.69 Å². The SMILES string of the molecule is C#Cc1ccc(N=Nc2ccc([N+](=O)[O-])cc2)cc1. The minimum atomic E-state index is -0.459. The van der Waals surface area contributed by atoms with Crippen molar-refractivity contribution in [3.63, 3.8) is 0 Å². The van der Waals surface area contributed by atoms with Crippen LogP contribution in [-0.4, -0.2) is 4.92 Å². The topological polar surface area (TPSA) is 67.9 Å². The van der Waals surface area contributed by atoms with Crippen molar-refractivity contribution in [2.24, 2.45) is 10.2 Å². The van der Waals surface area contributed by atoms with Crippen LogP contribution < -0.4 is 0 Å². The molecule has 19 heavy (non-hydrogen) atoms. The van der Waals surface area contributed by atoms with E-state index in [4.69, 9.17) is 6.42 Å². The second-order valence-electron chi connectivity index (χ2n) is 3.66. The average Bonchev–Trinajstić information content (AvgIpc) is 2.46. The van der Waals surface area contributed by atoms with Crippen molar-refractivity contribution in [2.45, 2.75) is 0 Å². The van der Waals surface area contributed by atoms with E-state index in [9.17, 15) is 10.1 Å². The molecule has 2 aromatic carbocycles. The maximum absolute atomic E-state index is 10.5. The standard InChI is InChI=1S/C14H9N3O2/c1-2-11-3-5-12(6-4-11)15-16-13-7-9-14(10-8-13)17(18)19/h1,3-10H. The van der Waals surface area contributed by atoms with Gasteiger partial charge in [0.1, 0.15) is 0 Å². The van der Waals surface area contributed by atoms with Gasteiger partial charge in [0, 0.05) is 17.7 Å². The summed E-state index contributed by atoms with van der Waals surface area (Å²) in [5, 5.41) is 18.5. The third-order valence-corrected chi connectivity index (χ3v) is 2.38. The molecule has 0 atom stereocenters. The Bertz CT molecular complexity index is 653. The summed E-state index contributed by atoms with van der Waals surface area (Å²) < 4.78 is 0. The number of nitro groups is 1. The third-order valence-electron chi connectivity index (χ3n) is 2.38. The van der Waals surface area contributed by atoms with Crippen molar-refractivity contribution in [1.29, 1.82) is 0 Å². The lowest BCUT2D eigenvalue weighted by atomic mass is 10.2. The van der Waals surface area contributed by atoms with Crippen LogP contribution in [0.3, 0.4) is 0 Å². The first-order chi connectivity index (χ1) is 9.19. The maximum atomic E-state index is 10.5. The average molecular weight is 251 g/mol. The highest BCUT2D eigenvalue weighted by Gasteiger charge is 2.02. The summed E-state index contributed by atoms with van der Waals surface area (Å²) in [4.78, 5) is 10.0. The molecule has 5 heteroatoms. The molecule has 0 unspecified atom stereocenters. The van der Waals surface area contributed by atoms with Crippen molar-refractivity contribution in [3.05, 3.63) is 64.2 Å². The summed E-state index contributed by atoms with van der Waals surface area (Å²) in [6.45, 7) is 0. The van der Waals surface area contributed by atoms with Crippen LogP contribution in [0.1, 0.15) is 5.56 Å². The van der Waals surface area contributed by atoms with Gasteiger partial charge in [0.15, 0.2) is 0 Å². The van der Waals surface area contributed by atoms with Gasteiger partial charge in [0.2, 0.25) is 0 Å². The van der Waals surface area contributed by atoms with E-state index in [0.717, 1.165) is 5.56 Å². The van der Waals surface area contributed by atoms with Crippen molar-refractivity contribution in [3.8, 4) is 12.3 Å². The van der Waals surface area contributed by atoms with Crippen LogP contribution in [0.5, 0.6) is 0 Å². The Morgan fingerprint density at radius 3 is 1.84 bits per heavy atom. The van der Waals surface area contributed by atoms with Crippen LogP contribution in [0.15, 0.2) is 58.8 Å². The van der Waals surface area contributed by atoms with E-state index in [1.807, 2.05) is 0 Å². The van der Waals surface area contributed by atoms with E-state index in [1.165, 1.54) is 24.3 Å². The Morgan fingerprint density at radius 2 is 1.42 bits per heavy atom. The molecule has 0 saturated heterocycles. The molecule has 0 aromatic heterocycles. The summed E-state index contributed by atoms with van der Waals surface area (Å²) in [6, 6.07) is 12.9. The summed E-state index contributed by atoms with van der Waals surface area (Å²) >= 11 is 0. The fraction of sp³-hybridized carbons (Fsp3) is 0. The molecule has 92 valence electrons. The van der Waals surface area contributed by atoms with Crippen LogP contribution >= 0.6 is 0 Å². The van der Waals surface area contributed by atoms with Gasteiger partial charge in [-0.3, -0.25) is 10.1 Å². The quantitative estimate of drug-likeness (QED) is 0.358. The van der Waals surface area contributed by atoms with E-state index in [0.29, 0.717) is 11.4 Å². The number of benzene rings is 2. The number of azo groups is 1. The molecular weight excluding hydrogens is 242 g/mol. The second kappa shape index (κ2) is 5.56. The fourth-order valence-corrected chi connectivity index (χ4v) is 1.38. The highest BCUT2D eigenvalue weighted by molar-refractivity contribution is 5.46. The molecular formula is C14H9N3O2. The van der Waals surface area contributed by atoms with E-state index in [2.05, 4.69) is 16.1 Å². The number of hydrogen-bond donors (Lipinski definition) is 0. The van der Waals surface area contributed by atoms with Crippen molar-refractivity contribution >= 4 is 17.1 Å². The molecule has 2 rings (SSSR count). The van der Waals surface area contributed by atoms with Gasteiger partial charge in [-0.2, -0.15) is 10.2 Å². The summed E-state index contributed by atoms with van der Waals surface area (Å²) in [5.74, 6) is 2.51. The van der Waals surface area contributed by atoms with E-state index >= 15 is 0 Å². The van der Waals surface area contributed by atoms with Crippen LogP contribution in [0, 0.1) is 22.5 Å². The monoisotopic (exact) mass is 251 g/mol. The Hall–Kier alpha value is -3.00. The summed E-state index contributed by atoms with van der Waals surface area (Å²) in [7, 11) is 0. The molecule has 0 aliphatic heterocycles. The number of rotatable bonds is 3. The minimum Gasteiger partial charge on any atom is -0.258 e. The smallest absolute Gasteiger partial charge is 0.258 e. The zero-order valence-electron chi connectivity index (χ0n) is 9.85. The number of hydrogen-bond acceptors (Lipinski definition) is 4. The molecule has 0 aliphatic carbocycles. The molecule has 0 N–H and O–H groups in total. The predicted molar refractivity (Wildman–Crippen MR) is 71.6 cm³/mol. The normalized spacial score (nSPS) is 10.3. The van der Waals surface area contributed by atoms with Crippen LogP contribution in [0.4, 0.5) is 17.1 Å². The lowest BCUT2D eigenvalue weighted by Crippen LogP contribution is -1.85. The van der Waals surface area contributed by atoms with Crippen molar-refractivity contribution < 1.29 is 4.92 Å². The van der Waals surface area contributed by atoms with Crippen LogP contribution in [0.25, 0.3) is 0 Å². The van der Waals surface area contributed by atoms with Gasteiger partial charge >= 0.3 is 0 Å². The maximum Gasteiger partial charge on any atom is 0.269 e. The van der Waals surface area contributed by atoms with Gasteiger partial charge in [-0.15, -0.1) is 6.42 Å². The van der Waals surface area contributed by atoms with Gasteiger partial charge in [-0.05, 0) is 36.4 Å². The third kappa shape index (κ3) is 3.23. The number of nitro benzene ring substituents is 1. The first kappa shape index (κ1) is 12.5. The van der Waals surface area contributed by atoms with Gasteiger partial charge in [-0.25, -0.2) is 0 Å². The number of terminal acetylenes is 1. The minimum absolute atomic E-state index is 0.0253. The zero-order chi connectivity index (χ0) is 13.7. The van der Waals surface area contributed by atoms with Gasteiger partial charge in [-0.1, -0.05) is 5.92 Å². The van der Waals surface area contributed by atoms with Crippen molar-refractivity contribution in [2.75, 3.05) is 0 Å². The van der Waals surface area contributed by atoms with Crippen molar-refractivity contribution in [1.82, 2.24) is 0 Å². The largest absolute Gasteiger partial charge is 0.269 e. The molecule has 2 aromatic rings. The van der Waals surface area contributed by atoms with Crippen LogP contribution in [0.2, 0.25) is 0 Å².